The Balaban J connectivity index is 1.34. The smallest absolute Gasteiger partial charge is 0.226 e. The number of fused-ring (bicyclic) bond motifs is 2. The largest absolute Gasteiger partial charge is 0.491 e. The Morgan fingerprint density at radius 1 is 1.03 bits per heavy atom. The molecule has 2 aliphatic heterocycles. The summed E-state index contributed by atoms with van der Waals surface area (Å²) in [5.74, 6) is 1.60. The predicted molar refractivity (Wildman–Crippen MR) is 145 cm³/mol. The van der Waals surface area contributed by atoms with Crippen LogP contribution >= 0.6 is 0 Å². The van der Waals surface area contributed by atoms with E-state index in [1.807, 2.05) is 12.0 Å². The third kappa shape index (κ3) is 5.51. The van der Waals surface area contributed by atoms with E-state index >= 15 is 0 Å². The van der Waals surface area contributed by atoms with Crippen LogP contribution in [0.4, 0.5) is 5.69 Å². The topological polar surface area (TPSA) is 51.1 Å². The molecular weight excluding hydrogens is 448 g/mol. The summed E-state index contributed by atoms with van der Waals surface area (Å²) in [5, 5.41) is 0. The highest BCUT2D eigenvalue weighted by Gasteiger charge is 2.31. The molecule has 1 amide bonds. The van der Waals surface area contributed by atoms with E-state index in [0.717, 1.165) is 79.5 Å². The first-order chi connectivity index (χ1) is 17.5. The number of carbonyl (C=O) groups excluding carboxylic acids is 1. The van der Waals surface area contributed by atoms with Crippen LogP contribution in [0.5, 0.6) is 5.75 Å². The van der Waals surface area contributed by atoms with Gasteiger partial charge in [0.05, 0.1) is 18.3 Å². The quantitative estimate of drug-likeness (QED) is 0.448. The van der Waals surface area contributed by atoms with Crippen LogP contribution in [0.3, 0.4) is 0 Å². The molecule has 1 aliphatic carbocycles. The van der Waals surface area contributed by atoms with E-state index in [1.165, 1.54) is 11.3 Å². The Kier molecular flexibility index (Phi) is 7.76. The molecule has 2 heterocycles. The number of nitrogens with zero attached hydrogens (tertiary/aromatic N) is 2. The first-order valence-electron chi connectivity index (χ1n) is 13.8. The molecule has 3 aliphatic rings. The van der Waals surface area contributed by atoms with Gasteiger partial charge in [0.25, 0.3) is 0 Å². The van der Waals surface area contributed by atoms with Gasteiger partial charge in [-0.25, -0.2) is 0 Å². The summed E-state index contributed by atoms with van der Waals surface area (Å²) in [6.45, 7) is 6.02. The minimum absolute atomic E-state index is 0.0241. The summed E-state index contributed by atoms with van der Waals surface area (Å²) in [7, 11) is 1.81. The van der Waals surface area contributed by atoms with Gasteiger partial charge in [0.2, 0.25) is 5.91 Å². The molecule has 5 heteroatoms. The number of benzene rings is 2. The average Bonchev–Trinajstić information content (AvgIpc) is 3.34. The fourth-order valence-electron chi connectivity index (χ4n) is 6.14. The number of hydrogen-bond donors (Lipinski definition) is 0. The average molecular weight is 489 g/mol. The van der Waals surface area contributed by atoms with Crippen LogP contribution in [-0.2, 0) is 22.5 Å². The summed E-state index contributed by atoms with van der Waals surface area (Å²) in [6.07, 6.45) is 9.13. The molecule has 5 nitrogen and oxygen atoms in total. The van der Waals surface area contributed by atoms with Crippen LogP contribution in [0, 0.1) is 11.8 Å². The summed E-state index contributed by atoms with van der Waals surface area (Å²) in [5.41, 5.74) is 7.02. The molecule has 3 unspecified atom stereocenters. The fourth-order valence-corrected chi connectivity index (χ4v) is 6.14. The van der Waals surface area contributed by atoms with Crippen molar-refractivity contribution in [3.8, 4) is 16.9 Å². The van der Waals surface area contributed by atoms with E-state index in [4.69, 9.17) is 14.5 Å². The maximum Gasteiger partial charge on any atom is 0.226 e. The monoisotopic (exact) mass is 488 g/mol. The molecule has 1 saturated carbocycles. The van der Waals surface area contributed by atoms with Crippen molar-refractivity contribution in [1.29, 1.82) is 0 Å². The molecule has 5 rings (SSSR count). The van der Waals surface area contributed by atoms with Gasteiger partial charge in [0.1, 0.15) is 12.4 Å². The standard InChI is InChI=1S/C31H40N2O3/c1-21-6-4-8-24-10-11-26(19-29(24)32-21)25-13-15-30-27(18-25)20-33(16-17-36-30)31(34)22(2)23-7-5-9-28(35-3)14-12-23/h10-11,13,15,18-19,22-23,28H,4-9,12,14,16-17,20H2,1-3H3. The highest BCUT2D eigenvalue weighted by Crippen LogP contribution is 2.35. The molecule has 0 spiro atoms. The molecule has 2 aromatic rings. The molecule has 0 bridgehead atoms. The van der Waals surface area contributed by atoms with Crippen LogP contribution in [0.15, 0.2) is 41.4 Å². The van der Waals surface area contributed by atoms with Gasteiger partial charge in [0, 0.05) is 30.8 Å². The molecule has 0 aromatic heterocycles. The van der Waals surface area contributed by atoms with E-state index in [-0.39, 0.29) is 11.8 Å². The minimum Gasteiger partial charge on any atom is -0.491 e. The predicted octanol–water partition coefficient (Wildman–Crippen LogP) is 6.73. The van der Waals surface area contributed by atoms with Crippen molar-refractivity contribution < 1.29 is 14.3 Å². The highest BCUT2D eigenvalue weighted by atomic mass is 16.5. The zero-order valence-corrected chi connectivity index (χ0v) is 22.1. The third-order valence-electron chi connectivity index (χ3n) is 8.46. The SMILES string of the molecule is COC1CCCC(C(C)C(=O)N2CCOc3ccc(-c4ccc5c(c4)N=C(C)CCC5)cc3C2)CC1. The highest BCUT2D eigenvalue weighted by molar-refractivity contribution is 5.86. The summed E-state index contributed by atoms with van der Waals surface area (Å²) in [6, 6.07) is 13.1. The zero-order valence-electron chi connectivity index (χ0n) is 22.1. The van der Waals surface area contributed by atoms with Crippen LogP contribution in [-0.4, -0.2) is 42.9 Å². The number of rotatable bonds is 4. The second-order valence-electron chi connectivity index (χ2n) is 10.9. The minimum atomic E-state index is 0.0241. The van der Waals surface area contributed by atoms with Crippen molar-refractivity contribution in [2.24, 2.45) is 16.8 Å². The van der Waals surface area contributed by atoms with Gasteiger partial charge in [-0.1, -0.05) is 31.5 Å². The molecule has 0 saturated heterocycles. The Labute approximate surface area is 215 Å². The van der Waals surface area contributed by atoms with Gasteiger partial charge in [0.15, 0.2) is 0 Å². The van der Waals surface area contributed by atoms with Gasteiger partial charge in [-0.05, 0) is 92.7 Å². The normalized spacial score (nSPS) is 23.2. The van der Waals surface area contributed by atoms with Gasteiger partial charge < -0.3 is 14.4 Å². The Morgan fingerprint density at radius 3 is 2.72 bits per heavy atom. The number of methoxy groups -OCH3 is 1. The Morgan fingerprint density at radius 2 is 1.86 bits per heavy atom. The van der Waals surface area contributed by atoms with Crippen molar-refractivity contribution in [2.75, 3.05) is 20.3 Å². The van der Waals surface area contributed by atoms with Crippen molar-refractivity contribution in [3.63, 3.8) is 0 Å². The number of hydrogen-bond acceptors (Lipinski definition) is 4. The first kappa shape index (κ1) is 25.0. The van der Waals surface area contributed by atoms with Gasteiger partial charge in [-0.3, -0.25) is 9.79 Å². The van der Waals surface area contributed by atoms with E-state index in [2.05, 4.69) is 50.2 Å². The second-order valence-corrected chi connectivity index (χ2v) is 10.9. The van der Waals surface area contributed by atoms with Crippen LogP contribution in [0.2, 0.25) is 0 Å². The number of aliphatic imine (C=N–C) groups is 1. The maximum absolute atomic E-state index is 13.6. The fraction of sp³-hybridized carbons (Fsp3) is 0.548. The molecule has 2 aromatic carbocycles. The van der Waals surface area contributed by atoms with Gasteiger partial charge >= 0.3 is 0 Å². The third-order valence-corrected chi connectivity index (χ3v) is 8.46. The Bertz CT molecular complexity index is 1120. The Hall–Kier alpha value is -2.66. The van der Waals surface area contributed by atoms with Gasteiger partial charge in [-0.2, -0.15) is 0 Å². The molecular formula is C31H40N2O3. The van der Waals surface area contributed by atoms with Crippen LogP contribution in [0.25, 0.3) is 11.1 Å². The van der Waals surface area contributed by atoms with Crippen molar-refractivity contribution in [1.82, 2.24) is 4.90 Å². The number of aryl methyl sites for hydroxylation is 1. The number of ether oxygens (including phenoxy) is 2. The van der Waals surface area contributed by atoms with Gasteiger partial charge in [-0.15, -0.1) is 0 Å². The lowest BCUT2D eigenvalue weighted by Gasteiger charge is -2.28. The van der Waals surface area contributed by atoms with Crippen molar-refractivity contribution >= 4 is 17.3 Å². The molecule has 0 N–H and O–H groups in total. The molecule has 1 fully saturated rings. The van der Waals surface area contributed by atoms with E-state index in [0.29, 0.717) is 31.7 Å². The summed E-state index contributed by atoms with van der Waals surface area (Å²) < 4.78 is 11.7. The molecule has 192 valence electrons. The molecule has 0 radical (unpaired) electrons. The number of amides is 1. The lowest BCUT2D eigenvalue weighted by molar-refractivity contribution is -0.137. The lowest BCUT2D eigenvalue weighted by Crippen LogP contribution is -2.38. The summed E-state index contributed by atoms with van der Waals surface area (Å²) >= 11 is 0. The van der Waals surface area contributed by atoms with Crippen molar-refractivity contribution in [2.45, 2.75) is 77.9 Å². The zero-order chi connectivity index (χ0) is 25.1. The van der Waals surface area contributed by atoms with E-state index in [9.17, 15) is 4.79 Å². The number of carbonyl (C=O) groups is 1. The molecule has 36 heavy (non-hydrogen) atoms. The first-order valence-corrected chi connectivity index (χ1v) is 13.8. The van der Waals surface area contributed by atoms with E-state index in [1.54, 1.807) is 0 Å². The molecule has 3 atom stereocenters. The maximum atomic E-state index is 13.6. The summed E-state index contributed by atoms with van der Waals surface area (Å²) in [4.78, 5) is 20.5. The van der Waals surface area contributed by atoms with Crippen LogP contribution < -0.4 is 4.74 Å². The van der Waals surface area contributed by atoms with E-state index < -0.39 is 0 Å². The van der Waals surface area contributed by atoms with Crippen LogP contribution in [0.1, 0.15) is 69.9 Å². The van der Waals surface area contributed by atoms with Crippen molar-refractivity contribution in [3.05, 3.63) is 47.5 Å². The lowest BCUT2D eigenvalue weighted by atomic mass is 9.86. The second kappa shape index (κ2) is 11.2.